The third kappa shape index (κ3) is 4.67. The highest BCUT2D eigenvalue weighted by Crippen LogP contribution is 2.20. The smallest absolute Gasteiger partial charge is 0.289 e. The summed E-state index contributed by atoms with van der Waals surface area (Å²) in [6, 6.07) is 9.45. The lowest BCUT2D eigenvalue weighted by molar-refractivity contribution is 0.0935. The fourth-order valence-corrected chi connectivity index (χ4v) is 3.95. The highest BCUT2D eigenvalue weighted by atomic mass is 79.9. The summed E-state index contributed by atoms with van der Waals surface area (Å²) < 4.78 is 1.89. The minimum atomic E-state index is -0.334. The summed E-state index contributed by atoms with van der Waals surface area (Å²) in [6.45, 7) is 4.48. The van der Waals surface area contributed by atoms with Crippen LogP contribution in [0.25, 0.3) is 10.9 Å². The highest BCUT2D eigenvalue weighted by molar-refractivity contribution is 9.10. The second-order valence-electron chi connectivity index (χ2n) is 7.15. The number of anilines is 1. The molecule has 4 aromatic rings. The maximum Gasteiger partial charge on any atom is 0.289 e. The molecule has 0 aliphatic carbocycles. The Hall–Kier alpha value is -3.04. The van der Waals surface area contributed by atoms with Crippen LogP contribution in [-0.2, 0) is 13.1 Å². The number of pyridine rings is 2. The van der Waals surface area contributed by atoms with Crippen molar-refractivity contribution < 1.29 is 4.79 Å². The number of nitrogens with two attached hydrogens (primary N) is 1. The molecule has 158 valence electrons. The predicted molar refractivity (Wildman–Crippen MR) is 123 cm³/mol. The number of rotatable bonds is 5. The fourth-order valence-electron chi connectivity index (χ4n) is 3.42. The molecule has 0 unspecified atom stereocenters. The van der Waals surface area contributed by atoms with E-state index in [1.165, 1.54) is 0 Å². The predicted octanol–water partition coefficient (Wildman–Crippen LogP) is 3.81. The second kappa shape index (κ2) is 8.60. The molecule has 31 heavy (non-hydrogen) atoms. The van der Waals surface area contributed by atoms with E-state index in [4.69, 9.17) is 17.3 Å². The van der Waals surface area contributed by atoms with Gasteiger partial charge in [0.05, 0.1) is 17.1 Å². The maximum absolute atomic E-state index is 12.9. The Morgan fingerprint density at radius 3 is 2.81 bits per heavy atom. The Balaban J connectivity index is 1.55. The summed E-state index contributed by atoms with van der Waals surface area (Å²) >= 11 is 9.32. The molecule has 0 atom stereocenters. The van der Waals surface area contributed by atoms with E-state index in [1.807, 2.05) is 38.1 Å². The number of carbonyl (C=O) groups excluding carboxylic acids is 1. The molecule has 0 saturated heterocycles. The van der Waals surface area contributed by atoms with Gasteiger partial charge in [0.15, 0.2) is 0 Å². The third-order valence-corrected chi connectivity index (χ3v) is 5.44. The average molecular weight is 501 g/mol. The van der Waals surface area contributed by atoms with Crippen molar-refractivity contribution in [3.05, 3.63) is 74.5 Å². The van der Waals surface area contributed by atoms with Gasteiger partial charge in [0.2, 0.25) is 10.6 Å². The first kappa shape index (κ1) is 21.2. The normalized spacial score (nSPS) is 11.1. The number of hydrogen-bond donors (Lipinski definition) is 2. The van der Waals surface area contributed by atoms with E-state index in [1.54, 1.807) is 16.9 Å². The SMILES string of the molecule is Cc1cc(N)nc(C)c1CNC(=O)c1nc(Br)nn1Cc1ccc2ncc(Cl)cc2c1. The van der Waals surface area contributed by atoms with Crippen LogP contribution in [0.3, 0.4) is 0 Å². The number of nitrogens with one attached hydrogen (secondary N) is 1. The van der Waals surface area contributed by atoms with E-state index < -0.39 is 0 Å². The van der Waals surface area contributed by atoms with Crippen LogP contribution < -0.4 is 11.1 Å². The lowest BCUT2D eigenvalue weighted by Gasteiger charge is -2.12. The van der Waals surface area contributed by atoms with Gasteiger partial charge >= 0.3 is 0 Å². The number of aromatic nitrogens is 5. The van der Waals surface area contributed by atoms with Gasteiger partial charge in [-0.15, -0.1) is 5.10 Å². The molecule has 0 aliphatic rings. The number of hydrogen-bond acceptors (Lipinski definition) is 6. The number of halogens is 2. The molecule has 3 aromatic heterocycles. The van der Waals surface area contributed by atoms with E-state index >= 15 is 0 Å². The van der Waals surface area contributed by atoms with E-state index in [2.05, 4.69) is 41.3 Å². The highest BCUT2D eigenvalue weighted by Gasteiger charge is 2.18. The zero-order chi connectivity index (χ0) is 22.1. The van der Waals surface area contributed by atoms with Gasteiger partial charge in [-0.05, 0) is 70.7 Å². The molecule has 4 rings (SSSR count). The average Bonchev–Trinajstić information content (AvgIpc) is 3.06. The van der Waals surface area contributed by atoms with Crippen molar-refractivity contribution in [3.63, 3.8) is 0 Å². The van der Waals surface area contributed by atoms with Crippen molar-refractivity contribution in [2.45, 2.75) is 26.9 Å². The summed E-state index contributed by atoms with van der Waals surface area (Å²) in [5, 5.41) is 8.70. The van der Waals surface area contributed by atoms with Crippen LogP contribution in [0.1, 0.15) is 33.0 Å². The lowest BCUT2D eigenvalue weighted by atomic mass is 10.1. The van der Waals surface area contributed by atoms with Crippen molar-refractivity contribution in [2.24, 2.45) is 0 Å². The van der Waals surface area contributed by atoms with Gasteiger partial charge in [-0.3, -0.25) is 9.78 Å². The molecule has 0 saturated carbocycles. The molecule has 0 fully saturated rings. The van der Waals surface area contributed by atoms with Gasteiger partial charge in [0.25, 0.3) is 5.91 Å². The largest absolute Gasteiger partial charge is 0.384 e. The number of carbonyl (C=O) groups is 1. The van der Waals surface area contributed by atoms with E-state index in [0.29, 0.717) is 28.7 Å². The van der Waals surface area contributed by atoms with Gasteiger partial charge in [-0.2, -0.15) is 4.98 Å². The molecule has 0 spiro atoms. The van der Waals surface area contributed by atoms with Crippen LogP contribution in [-0.4, -0.2) is 30.6 Å². The molecular weight excluding hydrogens is 482 g/mol. The summed E-state index contributed by atoms with van der Waals surface area (Å²) in [6.07, 6.45) is 1.61. The van der Waals surface area contributed by atoms with E-state index in [-0.39, 0.29) is 11.7 Å². The minimum Gasteiger partial charge on any atom is -0.384 e. The van der Waals surface area contributed by atoms with Gasteiger partial charge < -0.3 is 11.1 Å². The topological polar surface area (TPSA) is 112 Å². The Morgan fingerprint density at radius 1 is 1.23 bits per heavy atom. The van der Waals surface area contributed by atoms with Crippen LogP contribution in [0.4, 0.5) is 5.82 Å². The molecule has 1 aromatic carbocycles. The molecular formula is C21H19BrClN7O. The zero-order valence-corrected chi connectivity index (χ0v) is 19.2. The Kier molecular flexibility index (Phi) is 5.88. The summed E-state index contributed by atoms with van der Waals surface area (Å²) in [5.74, 6) is 0.329. The minimum absolute atomic E-state index is 0.204. The number of nitrogens with zero attached hydrogens (tertiary/aromatic N) is 5. The summed E-state index contributed by atoms with van der Waals surface area (Å²) in [7, 11) is 0. The number of benzene rings is 1. The second-order valence-corrected chi connectivity index (χ2v) is 8.30. The van der Waals surface area contributed by atoms with Crippen molar-refractivity contribution in [1.82, 2.24) is 30.0 Å². The van der Waals surface area contributed by atoms with Crippen molar-refractivity contribution >= 4 is 50.2 Å². The maximum atomic E-state index is 12.9. The van der Waals surface area contributed by atoms with Crippen LogP contribution in [0.5, 0.6) is 0 Å². The quantitative estimate of drug-likeness (QED) is 0.431. The van der Waals surface area contributed by atoms with Crippen LogP contribution in [0.2, 0.25) is 5.02 Å². The van der Waals surface area contributed by atoms with Crippen molar-refractivity contribution in [1.29, 1.82) is 0 Å². The first-order valence-corrected chi connectivity index (χ1v) is 10.6. The van der Waals surface area contributed by atoms with Crippen molar-refractivity contribution in [2.75, 3.05) is 5.73 Å². The number of amides is 1. The lowest BCUT2D eigenvalue weighted by Crippen LogP contribution is -2.27. The Labute approximate surface area is 192 Å². The van der Waals surface area contributed by atoms with Gasteiger partial charge in [0, 0.05) is 23.8 Å². The molecule has 3 N–H and O–H groups in total. The molecule has 0 aliphatic heterocycles. The van der Waals surface area contributed by atoms with E-state index in [9.17, 15) is 4.79 Å². The number of aryl methyl sites for hydroxylation is 2. The molecule has 0 radical (unpaired) electrons. The third-order valence-electron chi connectivity index (χ3n) is 4.89. The standard InChI is InChI=1S/C21H19BrClN7O/c1-11-5-18(24)27-12(2)16(11)9-26-20(31)19-28-21(22)29-30(19)10-13-3-4-17-14(6-13)7-15(23)8-25-17/h3-8H,9-10H2,1-2H3,(H2,24,27)(H,26,31). The van der Waals surface area contributed by atoms with Crippen LogP contribution >= 0.6 is 27.5 Å². The summed E-state index contributed by atoms with van der Waals surface area (Å²) in [4.78, 5) is 25.7. The van der Waals surface area contributed by atoms with Gasteiger partial charge in [-0.1, -0.05) is 17.7 Å². The summed E-state index contributed by atoms with van der Waals surface area (Å²) in [5.41, 5.74) is 10.2. The number of fused-ring (bicyclic) bond motifs is 1. The monoisotopic (exact) mass is 499 g/mol. The van der Waals surface area contributed by atoms with Crippen molar-refractivity contribution in [3.8, 4) is 0 Å². The molecule has 8 nitrogen and oxygen atoms in total. The zero-order valence-electron chi connectivity index (χ0n) is 16.9. The molecule has 1 amide bonds. The Morgan fingerprint density at radius 2 is 2.03 bits per heavy atom. The first-order chi connectivity index (χ1) is 14.8. The molecule has 0 bridgehead atoms. The Bertz CT molecular complexity index is 1280. The molecule has 10 heteroatoms. The first-order valence-electron chi connectivity index (χ1n) is 9.45. The molecule has 3 heterocycles. The van der Waals surface area contributed by atoms with Gasteiger partial charge in [0.1, 0.15) is 5.82 Å². The van der Waals surface area contributed by atoms with Crippen LogP contribution in [0, 0.1) is 13.8 Å². The fraction of sp³-hybridized carbons (Fsp3) is 0.190. The van der Waals surface area contributed by atoms with Gasteiger partial charge in [-0.25, -0.2) is 9.67 Å². The van der Waals surface area contributed by atoms with E-state index in [0.717, 1.165) is 33.3 Å². The van der Waals surface area contributed by atoms with Crippen LogP contribution in [0.15, 0.2) is 41.3 Å². The number of nitrogen functional groups attached to an aromatic ring is 1.